The van der Waals surface area contributed by atoms with Gasteiger partial charge in [-0.2, -0.15) is 132 Å². The summed E-state index contributed by atoms with van der Waals surface area (Å²) in [6.45, 7) is 0.285. The first-order chi connectivity index (χ1) is 37.6. The quantitative estimate of drug-likeness (QED) is 0.0624. The van der Waals surface area contributed by atoms with Gasteiger partial charge in [-0.25, -0.2) is 0 Å². The summed E-state index contributed by atoms with van der Waals surface area (Å²) in [5.41, 5.74) is -28.4. The van der Waals surface area contributed by atoms with Crippen LogP contribution in [0, 0.1) is 0 Å². The van der Waals surface area contributed by atoms with Crippen molar-refractivity contribution in [3.05, 3.63) is 190 Å². The van der Waals surface area contributed by atoms with Gasteiger partial charge in [-0.1, -0.05) is 91.0 Å². The lowest BCUT2D eigenvalue weighted by molar-refractivity contribution is -0.663. The van der Waals surface area contributed by atoms with Crippen molar-refractivity contribution in [1.82, 2.24) is 0 Å². The molecule has 1 aromatic heterocycles. The van der Waals surface area contributed by atoms with Gasteiger partial charge in [0.15, 0.2) is 0 Å². The molecule has 0 amide bonds. The number of ketones is 1. The van der Waals surface area contributed by atoms with Gasteiger partial charge < -0.3 is 4.74 Å². The SMILES string of the molecule is FC(F)(F)c1cc([B-](c2cc(C(F)(F)F)cc(C(F)(F)F)c2)(c2cc(C(F)(F)F)cc(C(F)(F)F)c2)c2cc(C(F)(F)F)cc(C(F)(F)F)c2)cc(C(F)(F)F)c1.O=C(C[n+]1c(OC2CCCC2)ccc2ccccc21)c1ccccc1. The van der Waals surface area contributed by atoms with Crippen molar-refractivity contribution in [2.45, 2.75) is 87.7 Å². The normalized spacial score (nSPS) is 14.4. The summed E-state index contributed by atoms with van der Waals surface area (Å²) < 4.78 is 349. The van der Waals surface area contributed by atoms with Crippen LogP contribution in [0.3, 0.4) is 0 Å². The van der Waals surface area contributed by atoms with Crippen molar-refractivity contribution in [2.24, 2.45) is 0 Å². The number of pyridine rings is 1. The molecule has 0 radical (unpaired) electrons. The number of ether oxygens (including phenoxy) is 1. The lowest BCUT2D eigenvalue weighted by Gasteiger charge is -2.46. The largest absolute Gasteiger partial charge is 0.441 e. The minimum atomic E-state index is -6.13. The number of rotatable bonds is 9. The van der Waals surface area contributed by atoms with Gasteiger partial charge in [0.25, 0.3) is 0 Å². The number of para-hydroxylation sites is 1. The van der Waals surface area contributed by atoms with Gasteiger partial charge in [-0.3, -0.25) is 4.79 Å². The Balaban J connectivity index is 0.000000318. The molecule has 1 fully saturated rings. The number of hydrogen-bond acceptors (Lipinski definition) is 2. The van der Waals surface area contributed by atoms with Gasteiger partial charge in [0, 0.05) is 17.0 Å². The molecule has 6 aromatic carbocycles. The topological polar surface area (TPSA) is 30.2 Å². The minimum absolute atomic E-state index is 0.0956. The van der Waals surface area contributed by atoms with Gasteiger partial charge >= 0.3 is 55.3 Å². The summed E-state index contributed by atoms with van der Waals surface area (Å²) in [4.78, 5) is 12.8. The second-order valence-corrected chi connectivity index (χ2v) is 18.9. The van der Waals surface area contributed by atoms with Crippen LogP contribution in [-0.2, 0) is 56.0 Å². The van der Waals surface area contributed by atoms with Gasteiger partial charge in [-0.15, -0.1) is 0 Å². The average molecular weight is 1200 g/mol. The fraction of sp³-hybridized carbons (Fsp3) is 0.259. The summed E-state index contributed by atoms with van der Waals surface area (Å²) in [5, 5.41) is 1.11. The van der Waals surface area contributed by atoms with Gasteiger partial charge in [0.1, 0.15) is 12.2 Å². The average Bonchev–Trinajstić information content (AvgIpc) is 3.89. The lowest BCUT2D eigenvalue weighted by atomic mass is 9.12. The highest BCUT2D eigenvalue weighted by atomic mass is 19.4. The molecule has 1 saturated carbocycles. The van der Waals surface area contributed by atoms with E-state index in [-0.39, 0.29) is 18.4 Å². The maximum Gasteiger partial charge on any atom is 0.416 e. The molecular formula is C54H34BF24NO2. The van der Waals surface area contributed by atoms with Crippen LogP contribution in [0.4, 0.5) is 105 Å². The second kappa shape index (κ2) is 22.1. The molecule has 3 nitrogen and oxygen atoms in total. The van der Waals surface area contributed by atoms with Crippen molar-refractivity contribution in [3.63, 3.8) is 0 Å². The number of alkyl halides is 24. The van der Waals surface area contributed by atoms with E-state index >= 15 is 0 Å². The van der Waals surface area contributed by atoms with Crippen molar-refractivity contribution < 1.29 is 119 Å². The third kappa shape index (κ3) is 13.9. The fourth-order valence-corrected chi connectivity index (χ4v) is 9.62. The third-order valence-electron chi connectivity index (χ3n) is 13.3. The fourth-order valence-electron chi connectivity index (χ4n) is 9.62. The number of aromatic nitrogens is 1. The maximum absolute atomic E-state index is 14.2. The lowest BCUT2D eigenvalue weighted by Crippen LogP contribution is -2.75. The molecule has 0 saturated heterocycles. The van der Waals surface area contributed by atoms with Crippen LogP contribution in [-0.4, -0.2) is 18.0 Å². The Kier molecular flexibility index (Phi) is 16.7. The predicted molar refractivity (Wildman–Crippen MR) is 248 cm³/mol. The first-order valence-electron chi connectivity index (χ1n) is 23.6. The molecule has 0 unspecified atom stereocenters. The summed E-state index contributed by atoms with van der Waals surface area (Å²) in [6, 6.07) is 12.9. The van der Waals surface area contributed by atoms with E-state index in [1.807, 2.05) is 53.1 Å². The molecule has 0 N–H and O–H groups in total. The number of carbonyl (C=O) groups excluding carboxylic acids is 1. The Labute approximate surface area is 446 Å². The molecule has 1 aliphatic rings. The third-order valence-corrected chi connectivity index (χ3v) is 13.3. The Morgan fingerprint density at radius 3 is 0.988 bits per heavy atom. The number of benzene rings is 6. The molecule has 7 aromatic rings. The first kappa shape index (κ1) is 62.2. The number of nitrogens with zero attached hydrogens (tertiary/aromatic N) is 1. The Morgan fingerprint density at radius 2 is 0.683 bits per heavy atom. The van der Waals surface area contributed by atoms with Gasteiger partial charge in [0.05, 0.1) is 50.6 Å². The zero-order valence-corrected chi connectivity index (χ0v) is 40.8. The van der Waals surface area contributed by atoms with Crippen LogP contribution in [0.2, 0.25) is 0 Å². The first-order valence-corrected chi connectivity index (χ1v) is 23.6. The molecule has 1 heterocycles. The molecule has 8 rings (SSSR count). The Hall–Kier alpha value is -7.42. The van der Waals surface area contributed by atoms with E-state index in [1.54, 1.807) is 0 Å². The standard InChI is InChI=1S/C32H12BF24.C22H22NO2/c34-25(35,36)13-1-14(26(37,38)39)6-21(5-13)33(22-7-15(27(40,41)42)2-16(8-22)28(43,44)45,23-9-17(29(46,47)48)3-18(10-23)30(49,50)51)24-11-19(31(52,53)54)4-20(12-24)32(55,56)57;24-21(18-9-2-1-3-10-18)16-23-20-13-7-4-8-17(20)14-15-22(23)25-19-11-5-6-12-19/h1-12H;1-4,7-10,13-15,19H,5-6,11-12,16H2/q-1;+1. The molecule has 0 atom stereocenters. The van der Waals surface area contributed by atoms with Crippen molar-refractivity contribution in [3.8, 4) is 5.88 Å². The summed E-state index contributed by atoms with van der Waals surface area (Å²) in [7, 11) is 0. The van der Waals surface area contributed by atoms with Crippen LogP contribution in [0.1, 0.15) is 80.5 Å². The Bertz CT molecular complexity index is 3020. The molecule has 28 heteroatoms. The van der Waals surface area contributed by atoms with Crippen LogP contribution < -0.4 is 31.2 Å². The molecule has 82 heavy (non-hydrogen) atoms. The van der Waals surface area contributed by atoms with Crippen molar-refractivity contribution in [2.75, 3.05) is 0 Å². The number of halogens is 24. The van der Waals surface area contributed by atoms with E-state index in [1.165, 1.54) is 12.8 Å². The highest BCUT2D eigenvalue weighted by molar-refractivity contribution is 7.20. The molecule has 0 aliphatic heterocycles. The summed E-state index contributed by atoms with van der Waals surface area (Å²) in [5.74, 6) is 0.883. The van der Waals surface area contributed by atoms with Crippen molar-refractivity contribution >= 4 is 44.7 Å². The van der Waals surface area contributed by atoms with E-state index < -0.39 is 195 Å². The van der Waals surface area contributed by atoms with Gasteiger partial charge in [0.2, 0.25) is 17.8 Å². The highest BCUT2D eigenvalue weighted by Crippen LogP contribution is 2.42. The van der Waals surface area contributed by atoms with E-state index in [0.717, 1.165) is 35.2 Å². The van der Waals surface area contributed by atoms with Crippen molar-refractivity contribution in [1.29, 1.82) is 0 Å². The number of carbonyl (C=O) groups is 1. The van der Waals surface area contributed by atoms with Crippen LogP contribution in [0.25, 0.3) is 10.9 Å². The van der Waals surface area contributed by atoms with Crippen LogP contribution in [0.15, 0.2) is 140 Å². The summed E-state index contributed by atoms with van der Waals surface area (Å²) in [6.07, 6.45) is -49.9. The van der Waals surface area contributed by atoms with E-state index in [0.29, 0.717) is 0 Å². The zero-order chi connectivity index (χ0) is 61.0. The summed E-state index contributed by atoms with van der Waals surface area (Å²) >= 11 is 0. The molecule has 438 valence electrons. The van der Waals surface area contributed by atoms with Crippen LogP contribution in [0.5, 0.6) is 5.88 Å². The smallest absolute Gasteiger partial charge is 0.416 e. The monoisotopic (exact) mass is 1200 g/mol. The van der Waals surface area contributed by atoms with E-state index in [9.17, 15) is 110 Å². The van der Waals surface area contributed by atoms with Crippen LogP contribution >= 0.6 is 0 Å². The molecule has 0 bridgehead atoms. The molecule has 0 spiro atoms. The number of Topliss-reactive ketones (excluding diaryl/α,β-unsaturated/α-hetero) is 1. The number of hydrogen-bond donors (Lipinski definition) is 0. The number of fused-ring (bicyclic) bond motifs is 1. The van der Waals surface area contributed by atoms with Gasteiger partial charge in [-0.05, 0) is 62.1 Å². The molecule has 1 aliphatic carbocycles. The van der Waals surface area contributed by atoms with E-state index in [2.05, 4.69) is 18.2 Å². The Morgan fingerprint density at radius 1 is 0.390 bits per heavy atom. The predicted octanol–water partition coefficient (Wildman–Crippen LogP) is 15.5. The maximum atomic E-state index is 14.2. The van der Waals surface area contributed by atoms with E-state index in [4.69, 9.17) is 4.74 Å². The molecular weight excluding hydrogens is 1160 g/mol. The minimum Gasteiger partial charge on any atom is -0.441 e. The highest BCUT2D eigenvalue weighted by Gasteiger charge is 2.47. The zero-order valence-electron chi connectivity index (χ0n) is 40.8. The second-order valence-electron chi connectivity index (χ2n) is 18.9.